The second-order valence-electron chi connectivity index (χ2n) is 5.75. The first kappa shape index (κ1) is 15.0. The van der Waals surface area contributed by atoms with Gasteiger partial charge in [-0.25, -0.2) is 14.6 Å². The molecule has 0 bridgehead atoms. The van der Waals surface area contributed by atoms with Crippen LogP contribution in [0.15, 0.2) is 22.2 Å². The number of aromatic nitrogens is 4. The molecule has 23 heavy (non-hydrogen) atoms. The van der Waals surface area contributed by atoms with Crippen molar-refractivity contribution in [3.8, 4) is 10.6 Å². The van der Waals surface area contributed by atoms with E-state index in [-0.39, 0.29) is 0 Å². The molecule has 1 N–H and O–H groups in total. The molecule has 3 aromatic rings. The lowest BCUT2D eigenvalue weighted by Crippen LogP contribution is -2.37. The summed E-state index contributed by atoms with van der Waals surface area (Å²) in [7, 11) is 0. The molecule has 4 heterocycles. The normalized spacial score (nSPS) is 17.3. The molecule has 1 atom stereocenters. The second-order valence-corrected chi connectivity index (χ2v) is 7.39. The third kappa shape index (κ3) is 3.22. The first-order valence-electron chi connectivity index (χ1n) is 7.94. The summed E-state index contributed by atoms with van der Waals surface area (Å²) in [5.74, 6) is 2.09. The van der Waals surface area contributed by atoms with Gasteiger partial charge in [0.15, 0.2) is 5.82 Å². The van der Waals surface area contributed by atoms with Crippen molar-refractivity contribution in [2.75, 3.05) is 0 Å². The standard InChI is InChI=1S/C16H19N5S2/c1-2-14-19-15-4-3-12(8-21(15)20-14)17-7-13-10-23-16(18-13)11-5-6-22-9-11/h5-6,9-10,12,17H,2-4,7-8H2,1H3. The number of thiazole rings is 1. The van der Waals surface area contributed by atoms with Crippen molar-refractivity contribution in [3.05, 3.63) is 39.5 Å². The summed E-state index contributed by atoms with van der Waals surface area (Å²) in [6, 6.07) is 2.57. The van der Waals surface area contributed by atoms with E-state index < -0.39 is 0 Å². The van der Waals surface area contributed by atoms with E-state index in [1.807, 2.05) is 0 Å². The minimum atomic E-state index is 0.445. The van der Waals surface area contributed by atoms with Crippen molar-refractivity contribution in [1.82, 2.24) is 25.1 Å². The van der Waals surface area contributed by atoms with Gasteiger partial charge in [-0.1, -0.05) is 6.92 Å². The average molecular weight is 345 g/mol. The van der Waals surface area contributed by atoms with Gasteiger partial charge in [-0.2, -0.15) is 16.4 Å². The Morgan fingerprint density at radius 1 is 1.35 bits per heavy atom. The molecule has 5 nitrogen and oxygen atoms in total. The topological polar surface area (TPSA) is 55.6 Å². The third-order valence-corrected chi connectivity index (χ3v) is 5.73. The van der Waals surface area contributed by atoms with Gasteiger partial charge in [-0.05, 0) is 17.9 Å². The van der Waals surface area contributed by atoms with Crippen molar-refractivity contribution in [2.45, 2.75) is 45.3 Å². The summed E-state index contributed by atoms with van der Waals surface area (Å²) in [6.45, 7) is 3.82. The van der Waals surface area contributed by atoms with Crippen LogP contribution in [0.5, 0.6) is 0 Å². The summed E-state index contributed by atoms with van der Waals surface area (Å²) in [5.41, 5.74) is 2.35. The maximum atomic E-state index is 4.73. The molecule has 3 aromatic heterocycles. The number of thiophene rings is 1. The SMILES string of the molecule is CCc1nc2n(n1)CC(NCc1csc(-c3ccsc3)n1)CC2. The number of hydrogen-bond donors (Lipinski definition) is 1. The summed E-state index contributed by atoms with van der Waals surface area (Å²) in [5, 5.41) is 15.7. The molecule has 120 valence electrons. The van der Waals surface area contributed by atoms with Crippen LogP contribution in [0.1, 0.15) is 30.7 Å². The summed E-state index contributed by atoms with van der Waals surface area (Å²) >= 11 is 3.43. The molecule has 1 unspecified atom stereocenters. The van der Waals surface area contributed by atoms with Gasteiger partial charge in [0.25, 0.3) is 0 Å². The third-order valence-electron chi connectivity index (χ3n) is 4.11. The number of hydrogen-bond acceptors (Lipinski definition) is 6. The Kier molecular flexibility index (Phi) is 4.24. The lowest BCUT2D eigenvalue weighted by molar-refractivity contribution is 0.356. The van der Waals surface area contributed by atoms with Gasteiger partial charge in [-0.15, -0.1) is 11.3 Å². The predicted molar refractivity (Wildman–Crippen MR) is 93.8 cm³/mol. The van der Waals surface area contributed by atoms with Gasteiger partial charge in [-0.3, -0.25) is 0 Å². The van der Waals surface area contributed by atoms with E-state index in [4.69, 9.17) is 4.98 Å². The Bertz CT molecular complexity index is 774. The molecule has 0 fully saturated rings. The zero-order valence-corrected chi connectivity index (χ0v) is 14.7. The van der Waals surface area contributed by atoms with Gasteiger partial charge < -0.3 is 5.32 Å². The maximum Gasteiger partial charge on any atom is 0.150 e. The van der Waals surface area contributed by atoms with Crippen LogP contribution in [0.25, 0.3) is 10.6 Å². The second kappa shape index (κ2) is 6.51. The largest absolute Gasteiger partial charge is 0.306 e. The van der Waals surface area contributed by atoms with Gasteiger partial charge in [0, 0.05) is 41.8 Å². The molecule has 0 spiro atoms. The Morgan fingerprint density at radius 2 is 2.30 bits per heavy atom. The van der Waals surface area contributed by atoms with E-state index in [1.165, 1.54) is 5.56 Å². The van der Waals surface area contributed by atoms with Gasteiger partial charge in [0.1, 0.15) is 10.8 Å². The summed E-state index contributed by atoms with van der Waals surface area (Å²) < 4.78 is 2.07. The molecular weight excluding hydrogens is 326 g/mol. The minimum Gasteiger partial charge on any atom is -0.306 e. The van der Waals surface area contributed by atoms with Crippen LogP contribution >= 0.6 is 22.7 Å². The van der Waals surface area contributed by atoms with E-state index in [2.05, 4.69) is 49.2 Å². The molecule has 7 heteroatoms. The van der Waals surface area contributed by atoms with E-state index in [9.17, 15) is 0 Å². The molecule has 0 saturated heterocycles. The van der Waals surface area contributed by atoms with Crippen LogP contribution in [0.3, 0.4) is 0 Å². The van der Waals surface area contributed by atoms with Gasteiger partial charge >= 0.3 is 0 Å². The lowest BCUT2D eigenvalue weighted by atomic mass is 10.1. The summed E-state index contributed by atoms with van der Waals surface area (Å²) in [6.07, 6.45) is 3.02. The van der Waals surface area contributed by atoms with Crippen molar-refractivity contribution in [2.24, 2.45) is 0 Å². The molecule has 0 aromatic carbocycles. The van der Waals surface area contributed by atoms with Crippen molar-refractivity contribution < 1.29 is 0 Å². The fourth-order valence-corrected chi connectivity index (χ4v) is 4.36. The Hall–Kier alpha value is -1.57. The fraction of sp³-hybridized carbons (Fsp3) is 0.438. The van der Waals surface area contributed by atoms with Crippen LogP contribution in [0, 0.1) is 0 Å². The highest BCUT2D eigenvalue weighted by molar-refractivity contribution is 7.14. The Labute approximate surface area is 143 Å². The molecular formula is C16H19N5S2. The summed E-state index contributed by atoms with van der Waals surface area (Å²) in [4.78, 5) is 9.29. The van der Waals surface area contributed by atoms with Crippen LogP contribution in [0.2, 0.25) is 0 Å². The lowest BCUT2D eigenvalue weighted by Gasteiger charge is -2.23. The van der Waals surface area contributed by atoms with Crippen molar-refractivity contribution in [3.63, 3.8) is 0 Å². The Balaban J connectivity index is 1.36. The molecule has 0 saturated carbocycles. The van der Waals surface area contributed by atoms with E-state index >= 15 is 0 Å². The predicted octanol–water partition coefficient (Wildman–Crippen LogP) is 3.13. The zero-order valence-electron chi connectivity index (χ0n) is 13.0. The molecule has 1 aliphatic heterocycles. The first-order valence-corrected chi connectivity index (χ1v) is 9.77. The molecule has 1 aliphatic rings. The highest BCUT2D eigenvalue weighted by atomic mass is 32.1. The maximum absolute atomic E-state index is 4.73. The smallest absolute Gasteiger partial charge is 0.150 e. The Morgan fingerprint density at radius 3 is 3.13 bits per heavy atom. The van der Waals surface area contributed by atoms with Gasteiger partial charge in [0.05, 0.1) is 12.2 Å². The molecule has 0 aliphatic carbocycles. The fourth-order valence-electron chi connectivity index (χ4n) is 2.83. The first-order chi connectivity index (χ1) is 11.3. The number of nitrogens with zero attached hydrogens (tertiary/aromatic N) is 4. The van der Waals surface area contributed by atoms with Crippen molar-refractivity contribution in [1.29, 1.82) is 0 Å². The minimum absolute atomic E-state index is 0.445. The average Bonchev–Trinajstić information content (AvgIpc) is 3.30. The number of aryl methyl sites for hydroxylation is 2. The highest BCUT2D eigenvalue weighted by Crippen LogP contribution is 2.25. The van der Waals surface area contributed by atoms with E-state index in [0.29, 0.717) is 6.04 Å². The molecule has 4 rings (SSSR count). The van der Waals surface area contributed by atoms with E-state index in [1.54, 1.807) is 22.7 Å². The van der Waals surface area contributed by atoms with Gasteiger partial charge in [0.2, 0.25) is 0 Å². The highest BCUT2D eigenvalue weighted by Gasteiger charge is 2.21. The van der Waals surface area contributed by atoms with Crippen LogP contribution in [0.4, 0.5) is 0 Å². The molecule has 0 radical (unpaired) electrons. The van der Waals surface area contributed by atoms with E-state index in [0.717, 1.165) is 54.7 Å². The molecule has 0 amide bonds. The van der Waals surface area contributed by atoms with Crippen LogP contribution < -0.4 is 5.32 Å². The van der Waals surface area contributed by atoms with Crippen molar-refractivity contribution >= 4 is 22.7 Å². The monoisotopic (exact) mass is 345 g/mol. The quantitative estimate of drug-likeness (QED) is 0.772. The number of rotatable bonds is 5. The number of nitrogens with one attached hydrogen (secondary N) is 1. The van der Waals surface area contributed by atoms with Crippen LogP contribution in [-0.2, 0) is 25.9 Å². The number of fused-ring (bicyclic) bond motifs is 1. The van der Waals surface area contributed by atoms with Crippen LogP contribution in [-0.4, -0.2) is 25.8 Å². The zero-order chi connectivity index (χ0) is 15.6.